The molecule has 1 atom stereocenters. The summed E-state index contributed by atoms with van der Waals surface area (Å²) in [5.74, 6) is -0.251. The molecule has 3 N–H and O–H groups in total. The molecule has 0 aliphatic carbocycles. The maximum absolute atomic E-state index is 11.5. The van der Waals surface area contributed by atoms with Gasteiger partial charge in [0.25, 0.3) is 0 Å². The molecule has 0 radical (unpaired) electrons. The Hall–Kier alpha value is -0.910. The maximum atomic E-state index is 11.5. The van der Waals surface area contributed by atoms with Crippen molar-refractivity contribution in [3.8, 4) is 0 Å². The lowest BCUT2D eigenvalue weighted by Gasteiger charge is -2.10. The Morgan fingerprint density at radius 2 is 2.13 bits per heavy atom. The van der Waals surface area contributed by atoms with Crippen LogP contribution in [0.5, 0.6) is 0 Å². The minimum absolute atomic E-state index is 0.211. The molecule has 1 aromatic rings. The van der Waals surface area contributed by atoms with E-state index in [4.69, 9.17) is 10.5 Å². The molecule has 1 unspecified atom stereocenters. The molecule has 5 heteroatoms. The van der Waals surface area contributed by atoms with Gasteiger partial charge in [0.1, 0.15) is 6.04 Å². The van der Waals surface area contributed by atoms with Gasteiger partial charge < -0.3 is 15.8 Å². The van der Waals surface area contributed by atoms with Crippen LogP contribution in [0.25, 0.3) is 0 Å². The van der Waals surface area contributed by atoms with Crippen LogP contribution in [0.4, 0.5) is 5.69 Å². The fourth-order valence-corrected chi connectivity index (χ4v) is 1.29. The number of amides is 1. The van der Waals surface area contributed by atoms with E-state index in [2.05, 4.69) is 21.2 Å². The van der Waals surface area contributed by atoms with Gasteiger partial charge >= 0.3 is 0 Å². The van der Waals surface area contributed by atoms with Gasteiger partial charge in [-0.2, -0.15) is 0 Å². The summed E-state index contributed by atoms with van der Waals surface area (Å²) in [6, 6.07) is 6.64. The normalized spacial score (nSPS) is 12.2. The van der Waals surface area contributed by atoms with E-state index < -0.39 is 6.04 Å². The monoisotopic (exact) mass is 272 g/mol. The summed E-state index contributed by atoms with van der Waals surface area (Å²) >= 11 is 3.31. The lowest BCUT2D eigenvalue weighted by molar-refractivity contribution is -0.118. The fraction of sp³-hybridized carbons (Fsp3) is 0.300. The van der Waals surface area contributed by atoms with E-state index in [9.17, 15) is 4.79 Å². The average molecular weight is 273 g/mol. The van der Waals surface area contributed by atoms with Gasteiger partial charge in [-0.05, 0) is 24.3 Å². The highest BCUT2D eigenvalue weighted by Gasteiger charge is 2.12. The second-order valence-electron chi connectivity index (χ2n) is 3.06. The molecular formula is C10H13BrN2O2. The largest absolute Gasteiger partial charge is 0.383 e. The molecular weight excluding hydrogens is 260 g/mol. The first-order chi connectivity index (χ1) is 7.13. The van der Waals surface area contributed by atoms with E-state index in [1.165, 1.54) is 7.11 Å². The third kappa shape index (κ3) is 3.99. The van der Waals surface area contributed by atoms with Crippen LogP contribution in [0.1, 0.15) is 0 Å². The zero-order valence-corrected chi connectivity index (χ0v) is 9.95. The third-order valence-electron chi connectivity index (χ3n) is 1.79. The molecule has 0 bridgehead atoms. The minimum Gasteiger partial charge on any atom is -0.383 e. The molecule has 0 spiro atoms. The van der Waals surface area contributed by atoms with Crippen LogP contribution in [0.3, 0.4) is 0 Å². The molecule has 0 aromatic heterocycles. The van der Waals surface area contributed by atoms with Gasteiger partial charge in [-0.15, -0.1) is 0 Å². The highest BCUT2D eigenvalue weighted by molar-refractivity contribution is 9.10. The van der Waals surface area contributed by atoms with Crippen LogP contribution < -0.4 is 11.1 Å². The van der Waals surface area contributed by atoms with Crippen molar-refractivity contribution in [1.29, 1.82) is 0 Å². The van der Waals surface area contributed by atoms with E-state index in [0.717, 1.165) is 10.2 Å². The van der Waals surface area contributed by atoms with Crippen molar-refractivity contribution in [2.75, 3.05) is 19.0 Å². The topological polar surface area (TPSA) is 64.3 Å². The molecule has 1 rings (SSSR count). The highest BCUT2D eigenvalue weighted by Crippen LogP contribution is 2.14. The van der Waals surface area contributed by atoms with Gasteiger partial charge in [-0.3, -0.25) is 4.79 Å². The molecule has 0 saturated heterocycles. The Labute approximate surface area is 96.9 Å². The van der Waals surface area contributed by atoms with E-state index in [1.54, 1.807) is 12.1 Å². The van der Waals surface area contributed by atoms with Crippen LogP contribution in [-0.2, 0) is 9.53 Å². The van der Waals surface area contributed by atoms with E-state index in [-0.39, 0.29) is 12.5 Å². The van der Waals surface area contributed by atoms with Crippen molar-refractivity contribution < 1.29 is 9.53 Å². The molecule has 0 fully saturated rings. The molecule has 15 heavy (non-hydrogen) atoms. The summed E-state index contributed by atoms with van der Waals surface area (Å²) in [4.78, 5) is 11.5. The third-order valence-corrected chi connectivity index (χ3v) is 2.32. The van der Waals surface area contributed by atoms with Crippen molar-refractivity contribution in [2.24, 2.45) is 5.73 Å². The zero-order valence-electron chi connectivity index (χ0n) is 8.37. The zero-order chi connectivity index (χ0) is 11.3. The van der Waals surface area contributed by atoms with Gasteiger partial charge in [-0.25, -0.2) is 0 Å². The lowest BCUT2D eigenvalue weighted by atomic mass is 10.2. The number of hydrogen-bond donors (Lipinski definition) is 2. The van der Waals surface area contributed by atoms with Crippen molar-refractivity contribution in [3.05, 3.63) is 28.7 Å². The number of ether oxygens (including phenoxy) is 1. The molecule has 4 nitrogen and oxygen atoms in total. The Kier molecular flexibility index (Phi) is 4.74. The number of carbonyl (C=O) groups excluding carboxylic acids is 1. The quantitative estimate of drug-likeness (QED) is 0.870. The molecule has 0 aliphatic rings. The van der Waals surface area contributed by atoms with Crippen LogP contribution in [-0.4, -0.2) is 25.7 Å². The first-order valence-electron chi connectivity index (χ1n) is 4.44. The Morgan fingerprint density at radius 1 is 1.53 bits per heavy atom. The number of benzene rings is 1. The number of nitrogens with one attached hydrogen (secondary N) is 1. The number of methoxy groups -OCH3 is 1. The molecule has 1 aromatic carbocycles. The van der Waals surface area contributed by atoms with Gasteiger partial charge in [-0.1, -0.05) is 15.9 Å². The lowest BCUT2D eigenvalue weighted by Crippen LogP contribution is -2.39. The fourth-order valence-electron chi connectivity index (χ4n) is 1.02. The summed E-state index contributed by atoms with van der Waals surface area (Å²) in [6.07, 6.45) is 0. The van der Waals surface area contributed by atoms with Gasteiger partial charge in [0.2, 0.25) is 5.91 Å². The number of halogens is 1. The minimum atomic E-state index is -0.640. The molecule has 0 saturated carbocycles. The smallest absolute Gasteiger partial charge is 0.243 e. The van der Waals surface area contributed by atoms with Gasteiger partial charge in [0, 0.05) is 17.3 Å². The van der Waals surface area contributed by atoms with Crippen molar-refractivity contribution in [1.82, 2.24) is 0 Å². The van der Waals surface area contributed by atoms with Gasteiger partial charge in [0.15, 0.2) is 0 Å². The Morgan fingerprint density at radius 3 is 2.67 bits per heavy atom. The SMILES string of the molecule is COCC(N)C(=O)Nc1ccc(Br)cc1. The molecule has 0 heterocycles. The van der Waals surface area contributed by atoms with E-state index in [0.29, 0.717) is 0 Å². The Bertz CT molecular complexity index is 327. The van der Waals surface area contributed by atoms with Crippen LogP contribution >= 0.6 is 15.9 Å². The molecule has 82 valence electrons. The van der Waals surface area contributed by atoms with Crippen LogP contribution in [0.2, 0.25) is 0 Å². The maximum Gasteiger partial charge on any atom is 0.243 e. The first kappa shape index (κ1) is 12.2. The first-order valence-corrected chi connectivity index (χ1v) is 5.23. The van der Waals surface area contributed by atoms with Crippen LogP contribution in [0, 0.1) is 0 Å². The summed E-state index contributed by atoms with van der Waals surface area (Å²) in [7, 11) is 1.51. The van der Waals surface area contributed by atoms with Gasteiger partial charge in [0.05, 0.1) is 6.61 Å². The summed E-state index contributed by atoms with van der Waals surface area (Å²) in [5, 5.41) is 2.69. The van der Waals surface area contributed by atoms with Crippen molar-refractivity contribution in [3.63, 3.8) is 0 Å². The predicted octanol–water partition coefficient (Wildman–Crippen LogP) is 1.36. The summed E-state index contributed by atoms with van der Waals surface area (Å²) in [5.41, 5.74) is 6.28. The highest BCUT2D eigenvalue weighted by atomic mass is 79.9. The standard InChI is InChI=1S/C10H13BrN2O2/c1-15-6-9(12)10(14)13-8-4-2-7(11)3-5-8/h2-5,9H,6,12H2,1H3,(H,13,14). The second kappa shape index (κ2) is 5.85. The van der Waals surface area contributed by atoms with E-state index in [1.807, 2.05) is 12.1 Å². The van der Waals surface area contributed by atoms with E-state index >= 15 is 0 Å². The number of rotatable bonds is 4. The number of nitrogens with two attached hydrogens (primary N) is 1. The summed E-state index contributed by atoms with van der Waals surface area (Å²) < 4.78 is 5.75. The second-order valence-corrected chi connectivity index (χ2v) is 3.97. The summed E-state index contributed by atoms with van der Waals surface area (Å²) in [6.45, 7) is 0.211. The Balaban J connectivity index is 2.54. The molecule has 1 amide bonds. The van der Waals surface area contributed by atoms with Crippen molar-refractivity contribution >= 4 is 27.5 Å². The number of anilines is 1. The number of carbonyl (C=O) groups is 1. The predicted molar refractivity (Wildman–Crippen MR) is 62.6 cm³/mol. The van der Waals surface area contributed by atoms with Crippen LogP contribution in [0.15, 0.2) is 28.7 Å². The average Bonchev–Trinajstić information content (AvgIpc) is 2.22. The molecule has 0 aliphatic heterocycles. The van der Waals surface area contributed by atoms with Crippen molar-refractivity contribution in [2.45, 2.75) is 6.04 Å². The number of hydrogen-bond acceptors (Lipinski definition) is 3.